The fourth-order valence-electron chi connectivity index (χ4n) is 3.28. The van der Waals surface area contributed by atoms with E-state index in [1.165, 1.54) is 22.6 Å². The van der Waals surface area contributed by atoms with Crippen LogP contribution in [0.3, 0.4) is 0 Å². The summed E-state index contributed by atoms with van der Waals surface area (Å²) >= 11 is 0. The molecule has 0 radical (unpaired) electrons. The normalized spacial score (nSPS) is 18.0. The third-order valence-corrected chi connectivity index (χ3v) is 7.05. The smallest absolute Gasteiger partial charge is 0.475 e. The summed E-state index contributed by atoms with van der Waals surface area (Å²) in [7, 11) is -3.68. The first-order valence-electron chi connectivity index (χ1n) is 10.3. The monoisotopic (exact) mass is 527 g/mol. The fourth-order valence-corrected chi connectivity index (χ4v) is 4.70. The molecule has 11 nitrogen and oxygen atoms in total. The number of pyridine rings is 1. The molecule has 2 aliphatic rings. The minimum Gasteiger partial charge on any atom is -0.475 e. The van der Waals surface area contributed by atoms with Crippen molar-refractivity contribution in [1.82, 2.24) is 19.5 Å². The molecule has 2 saturated heterocycles. The maximum absolute atomic E-state index is 12.8. The zero-order valence-corrected chi connectivity index (χ0v) is 19.2. The van der Waals surface area contributed by atoms with Gasteiger partial charge in [-0.15, -0.1) is 0 Å². The maximum Gasteiger partial charge on any atom is 0.490 e. The van der Waals surface area contributed by atoms with Crippen LogP contribution in [0.2, 0.25) is 0 Å². The molecule has 2 amide bonds. The number of nitrogens with one attached hydrogen (secondary N) is 1. The summed E-state index contributed by atoms with van der Waals surface area (Å²) < 4.78 is 76.6. The minimum atomic E-state index is -5.08. The molecule has 0 atom stereocenters. The Kier molecular flexibility index (Phi) is 9.79. The van der Waals surface area contributed by atoms with E-state index in [-0.39, 0.29) is 41.6 Å². The van der Waals surface area contributed by atoms with Crippen LogP contribution in [-0.4, -0.2) is 91.3 Å². The maximum atomic E-state index is 12.8. The molecule has 196 valence electrons. The molecule has 0 unspecified atom stereocenters. The van der Waals surface area contributed by atoms with Crippen LogP contribution in [-0.2, 0) is 14.8 Å². The van der Waals surface area contributed by atoms with Gasteiger partial charge in [-0.1, -0.05) is 0 Å². The summed E-state index contributed by atoms with van der Waals surface area (Å²) in [6.07, 6.45) is -2.28. The van der Waals surface area contributed by atoms with Crippen LogP contribution >= 0.6 is 0 Å². The quantitative estimate of drug-likeness (QED) is 0.445. The van der Waals surface area contributed by atoms with Gasteiger partial charge in [-0.3, -0.25) is 0 Å². The number of rotatable bonds is 7. The van der Waals surface area contributed by atoms with Crippen molar-refractivity contribution in [1.29, 1.82) is 0 Å². The van der Waals surface area contributed by atoms with Crippen molar-refractivity contribution in [2.24, 2.45) is 5.73 Å². The van der Waals surface area contributed by atoms with Crippen LogP contribution in [0.5, 0.6) is 5.88 Å². The minimum absolute atomic E-state index is 0.0258. The number of aliphatic carboxylic acids is 1. The number of ether oxygens (including phenoxy) is 1. The van der Waals surface area contributed by atoms with Gasteiger partial charge in [0, 0.05) is 50.4 Å². The number of aromatic nitrogens is 1. The predicted octanol–water partition coefficient (Wildman–Crippen LogP) is 1.08. The number of carboxylic acids is 1. The molecule has 0 saturated carbocycles. The van der Waals surface area contributed by atoms with Gasteiger partial charge in [0.15, 0.2) is 0 Å². The predicted molar refractivity (Wildman–Crippen MR) is 114 cm³/mol. The molecule has 0 bridgehead atoms. The van der Waals surface area contributed by atoms with Crippen LogP contribution in [0.4, 0.5) is 22.4 Å². The van der Waals surface area contributed by atoms with E-state index in [0.29, 0.717) is 45.4 Å². The highest BCUT2D eigenvalue weighted by atomic mass is 32.2. The number of halogens is 4. The van der Waals surface area contributed by atoms with Crippen molar-refractivity contribution in [3.05, 3.63) is 30.2 Å². The van der Waals surface area contributed by atoms with Crippen molar-refractivity contribution < 1.29 is 45.4 Å². The Bertz CT molecular complexity index is 1010. The van der Waals surface area contributed by atoms with E-state index in [1.807, 2.05) is 0 Å². The first-order valence-corrected chi connectivity index (χ1v) is 11.8. The zero-order chi connectivity index (χ0) is 26.2. The van der Waals surface area contributed by atoms with Crippen molar-refractivity contribution >= 4 is 22.0 Å². The van der Waals surface area contributed by atoms with Gasteiger partial charge in [0.05, 0.1) is 12.5 Å². The number of nitrogens with two attached hydrogens (primary N) is 1. The number of carboxylic acid groups (broad SMARTS) is 1. The Morgan fingerprint density at radius 2 is 1.91 bits per heavy atom. The number of carbonyl (C=O) groups is 2. The second kappa shape index (κ2) is 12.1. The molecule has 2 fully saturated rings. The zero-order valence-electron chi connectivity index (χ0n) is 18.4. The van der Waals surface area contributed by atoms with Crippen LogP contribution in [0.15, 0.2) is 35.1 Å². The topological polar surface area (TPSA) is 155 Å². The summed E-state index contributed by atoms with van der Waals surface area (Å²) in [4.78, 5) is 26.5. The van der Waals surface area contributed by atoms with E-state index < -0.39 is 22.2 Å². The standard InChI is InChI=1S/C17H24FN5O4S.C2HF3O2/c18-9-13(10-19)12-27-16-2-1-15(11-21-16)28(25,26)22-6-3-14(4-7-22)23-8-5-20-17(23)24;3-2(4,5)1(6)7/h1-2,9,11,14H,3-8,10,12,19H2,(H,20,24);(H,6,7)/b13-9+;. The van der Waals surface area contributed by atoms with Crippen LogP contribution in [0, 0.1) is 0 Å². The van der Waals surface area contributed by atoms with E-state index >= 15 is 0 Å². The number of carbonyl (C=O) groups excluding carboxylic acids is 1. The molecule has 1 aromatic rings. The van der Waals surface area contributed by atoms with Gasteiger partial charge in [-0.05, 0) is 18.9 Å². The fraction of sp³-hybridized carbons (Fsp3) is 0.526. The van der Waals surface area contributed by atoms with E-state index in [2.05, 4.69) is 10.3 Å². The number of amides is 2. The van der Waals surface area contributed by atoms with Crippen LogP contribution < -0.4 is 15.8 Å². The van der Waals surface area contributed by atoms with E-state index in [1.54, 1.807) is 4.90 Å². The van der Waals surface area contributed by atoms with Crippen molar-refractivity contribution in [3.8, 4) is 5.88 Å². The van der Waals surface area contributed by atoms with Crippen molar-refractivity contribution in [3.63, 3.8) is 0 Å². The summed E-state index contributed by atoms with van der Waals surface area (Å²) in [5.74, 6) is -2.57. The highest BCUT2D eigenvalue weighted by molar-refractivity contribution is 7.89. The number of urea groups is 1. The number of alkyl halides is 3. The Balaban J connectivity index is 0.000000540. The van der Waals surface area contributed by atoms with Gasteiger partial charge in [-0.25, -0.2) is 27.4 Å². The van der Waals surface area contributed by atoms with Gasteiger partial charge in [0.25, 0.3) is 0 Å². The lowest BCUT2D eigenvalue weighted by molar-refractivity contribution is -0.192. The van der Waals surface area contributed by atoms with Gasteiger partial charge in [0.1, 0.15) is 11.5 Å². The van der Waals surface area contributed by atoms with Crippen LogP contribution in [0.1, 0.15) is 12.8 Å². The highest BCUT2D eigenvalue weighted by Gasteiger charge is 2.38. The average Bonchev–Trinajstić information content (AvgIpc) is 3.25. The molecule has 0 spiro atoms. The summed E-state index contributed by atoms with van der Waals surface area (Å²) in [6.45, 7) is 1.95. The summed E-state index contributed by atoms with van der Waals surface area (Å²) in [5.41, 5.74) is 5.62. The number of hydrogen-bond donors (Lipinski definition) is 3. The largest absolute Gasteiger partial charge is 0.490 e. The van der Waals surface area contributed by atoms with Gasteiger partial charge in [-0.2, -0.15) is 17.5 Å². The Labute approximate surface area is 198 Å². The Morgan fingerprint density at radius 1 is 1.29 bits per heavy atom. The molecular formula is C19H25F4N5O6S. The molecule has 16 heteroatoms. The molecule has 2 aliphatic heterocycles. The average molecular weight is 527 g/mol. The third-order valence-electron chi connectivity index (χ3n) is 5.17. The molecule has 1 aromatic heterocycles. The first-order chi connectivity index (χ1) is 16.4. The molecular weight excluding hydrogens is 502 g/mol. The Morgan fingerprint density at radius 3 is 2.34 bits per heavy atom. The van der Waals surface area contributed by atoms with Crippen LogP contribution in [0.25, 0.3) is 0 Å². The molecule has 0 aromatic carbocycles. The number of nitrogens with zero attached hydrogens (tertiary/aromatic N) is 3. The lowest BCUT2D eigenvalue weighted by Gasteiger charge is -2.35. The number of piperidine rings is 1. The molecule has 4 N–H and O–H groups in total. The molecule has 35 heavy (non-hydrogen) atoms. The molecule has 0 aliphatic carbocycles. The highest BCUT2D eigenvalue weighted by Crippen LogP contribution is 2.24. The lowest BCUT2D eigenvalue weighted by Crippen LogP contribution is -2.47. The summed E-state index contributed by atoms with van der Waals surface area (Å²) in [5, 5.41) is 9.89. The lowest BCUT2D eigenvalue weighted by atomic mass is 10.1. The Hall–Kier alpha value is -2.98. The van der Waals surface area contributed by atoms with Gasteiger partial charge >= 0.3 is 18.2 Å². The van der Waals surface area contributed by atoms with E-state index in [9.17, 15) is 30.8 Å². The van der Waals surface area contributed by atoms with E-state index in [0.717, 1.165) is 0 Å². The molecule has 3 rings (SSSR count). The van der Waals surface area contributed by atoms with E-state index in [4.69, 9.17) is 20.4 Å². The second-order valence-electron chi connectivity index (χ2n) is 7.46. The second-order valence-corrected chi connectivity index (χ2v) is 9.39. The molecule has 3 heterocycles. The van der Waals surface area contributed by atoms with Crippen molar-refractivity contribution in [2.75, 3.05) is 39.3 Å². The van der Waals surface area contributed by atoms with Gasteiger partial charge in [0.2, 0.25) is 15.9 Å². The first kappa shape index (κ1) is 28.3. The van der Waals surface area contributed by atoms with Gasteiger partial charge < -0.3 is 25.8 Å². The third kappa shape index (κ3) is 7.76. The summed E-state index contributed by atoms with van der Waals surface area (Å²) in [6, 6.07) is 2.82. The number of sulfonamides is 1. The number of hydrogen-bond acceptors (Lipinski definition) is 7. The van der Waals surface area contributed by atoms with Crippen molar-refractivity contribution in [2.45, 2.75) is 30.0 Å². The SMILES string of the molecule is NC/C(=C\F)COc1ccc(S(=O)(=O)N2CCC(N3CCNC3=O)CC2)cn1.O=C(O)C(F)(F)F.